The van der Waals surface area contributed by atoms with Crippen LogP contribution in [0.5, 0.6) is 0 Å². The Kier molecular flexibility index (Phi) is 3.38. The Morgan fingerprint density at radius 3 is 2.56 bits per heavy atom. The van der Waals surface area contributed by atoms with E-state index in [0.29, 0.717) is 0 Å². The molecule has 0 atom stereocenters. The van der Waals surface area contributed by atoms with Crippen molar-refractivity contribution in [1.29, 1.82) is 0 Å². The number of imide groups is 1. The van der Waals surface area contributed by atoms with Gasteiger partial charge in [-0.15, -0.1) is 0 Å². The fourth-order valence-corrected chi connectivity index (χ4v) is 0.305. The first-order valence-electron chi connectivity index (χ1n) is 2.25. The number of nitrogens with one attached hydrogen (secondary N) is 1. The average Bonchev–Trinajstić information content (AvgIpc) is 1.63. The monoisotopic (exact) mass is 132 g/mol. The zero-order valence-electron chi connectivity index (χ0n) is 5.01. The predicted molar refractivity (Wildman–Crippen MR) is 29.6 cm³/mol. The third-order valence-corrected chi connectivity index (χ3v) is 0.538. The molecule has 0 radical (unpaired) electrons. The quantitative estimate of drug-likeness (QED) is 0.496. The molecule has 0 aliphatic heterocycles. The van der Waals surface area contributed by atoms with Crippen molar-refractivity contribution < 1.29 is 14.3 Å². The van der Waals surface area contributed by atoms with Crippen molar-refractivity contribution in [2.75, 3.05) is 13.7 Å². The SMILES string of the molecule is COCC(=O)NC(N)=O. The van der Waals surface area contributed by atoms with Gasteiger partial charge in [-0.1, -0.05) is 0 Å². The van der Waals surface area contributed by atoms with E-state index in [1.165, 1.54) is 7.11 Å². The van der Waals surface area contributed by atoms with Crippen LogP contribution in [-0.2, 0) is 9.53 Å². The van der Waals surface area contributed by atoms with Gasteiger partial charge in [0.05, 0.1) is 0 Å². The van der Waals surface area contributed by atoms with Crippen molar-refractivity contribution in [2.24, 2.45) is 5.73 Å². The van der Waals surface area contributed by atoms with Crippen molar-refractivity contribution in [1.82, 2.24) is 5.32 Å². The Hall–Kier alpha value is -1.10. The smallest absolute Gasteiger partial charge is 0.318 e. The van der Waals surface area contributed by atoms with Crippen LogP contribution >= 0.6 is 0 Å². The van der Waals surface area contributed by atoms with Gasteiger partial charge in [-0.3, -0.25) is 10.1 Å². The minimum Gasteiger partial charge on any atom is -0.375 e. The molecular formula is C4H8N2O3. The second kappa shape index (κ2) is 3.85. The summed E-state index contributed by atoms with van der Waals surface area (Å²) < 4.78 is 4.38. The van der Waals surface area contributed by atoms with Gasteiger partial charge in [-0.05, 0) is 0 Å². The Bertz CT molecular complexity index is 123. The molecule has 0 aromatic rings. The summed E-state index contributed by atoms with van der Waals surface area (Å²) in [6.45, 7) is -0.150. The number of nitrogens with two attached hydrogens (primary N) is 1. The number of urea groups is 1. The Morgan fingerprint density at radius 2 is 2.22 bits per heavy atom. The van der Waals surface area contributed by atoms with Crippen molar-refractivity contribution >= 4 is 11.9 Å². The van der Waals surface area contributed by atoms with Crippen LogP contribution < -0.4 is 11.1 Å². The van der Waals surface area contributed by atoms with Crippen LogP contribution in [0.25, 0.3) is 0 Å². The normalized spacial score (nSPS) is 8.56. The molecule has 0 rings (SSSR count). The molecule has 5 nitrogen and oxygen atoms in total. The van der Waals surface area contributed by atoms with Gasteiger partial charge in [0, 0.05) is 7.11 Å². The van der Waals surface area contributed by atoms with Gasteiger partial charge < -0.3 is 10.5 Å². The summed E-state index contributed by atoms with van der Waals surface area (Å²) in [5.74, 6) is -0.537. The molecule has 0 saturated heterocycles. The van der Waals surface area contributed by atoms with E-state index < -0.39 is 11.9 Å². The van der Waals surface area contributed by atoms with E-state index >= 15 is 0 Å². The van der Waals surface area contributed by atoms with Gasteiger partial charge in [0.2, 0.25) is 0 Å². The van der Waals surface area contributed by atoms with E-state index in [-0.39, 0.29) is 6.61 Å². The fourth-order valence-electron chi connectivity index (χ4n) is 0.305. The molecule has 0 aliphatic carbocycles. The van der Waals surface area contributed by atoms with Crippen LogP contribution in [0.15, 0.2) is 0 Å². The number of primary amides is 1. The molecule has 0 heterocycles. The van der Waals surface area contributed by atoms with E-state index in [1.54, 1.807) is 0 Å². The maximum atomic E-state index is 10.3. The van der Waals surface area contributed by atoms with Gasteiger partial charge in [-0.2, -0.15) is 0 Å². The summed E-state index contributed by atoms with van der Waals surface area (Å²) in [4.78, 5) is 20.2. The van der Waals surface area contributed by atoms with Crippen LogP contribution in [0.1, 0.15) is 0 Å². The molecule has 0 aliphatic rings. The summed E-state index contributed by atoms with van der Waals surface area (Å²) in [5.41, 5.74) is 4.60. The molecule has 0 bridgehead atoms. The Balaban J connectivity index is 3.39. The molecule has 3 N–H and O–H groups in total. The average molecular weight is 132 g/mol. The van der Waals surface area contributed by atoms with E-state index in [0.717, 1.165) is 0 Å². The highest BCUT2D eigenvalue weighted by Gasteiger charge is 2.00. The van der Waals surface area contributed by atoms with Crippen LogP contribution in [0.3, 0.4) is 0 Å². The Morgan fingerprint density at radius 1 is 1.67 bits per heavy atom. The van der Waals surface area contributed by atoms with Crippen molar-refractivity contribution in [2.45, 2.75) is 0 Å². The summed E-state index contributed by atoms with van der Waals surface area (Å²) in [5, 5.41) is 1.82. The number of rotatable bonds is 2. The third kappa shape index (κ3) is 4.76. The molecule has 0 spiro atoms. The molecule has 0 aromatic heterocycles. The van der Waals surface area contributed by atoms with Gasteiger partial charge in [0.1, 0.15) is 6.61 Å². The summed E-state index contributed by atoms with van der Waals surface area (Å²) in [7, 11) is 1.35. The number of ether oxygens (including phenoxy) is 1. The van der Waals surface area contributed by atoms with Crippen molar-refractivity contribution in [3.05, 3.63) is 0 Å². The summed E-state index contributed by atoms with van der Waals surface area (Å²) in [6, 6.07) is -0.864. The largest absolute Gasteiger partial charge is 0.375 e. The highest BCUT2D eigenvalue weighted by Crippen LogP contribution is 1.66. The summed E-state index contributed by atoms with van der Waals surface area (Å²) >= 11 is 0. The molecular weight excluding hydrogens is 124 g/mol. The lowest BCUT2D eigenvalue weighted by molar-refractivity contribution is -0.123. The van der Waals surface area contributed by atoms with Crippen LogP contribution in [0, 0.1) is 0 Å². The number of amides is 3. The van der Waals surface area contributed by atoms with Crippen LogP contribution in [0.4, 0.5) is 4.79 Å². The van der Waals surface area contributed by atoms with Crippen LogP contribution in [-0.4, -0.2) is 25.7 Å². The second-order valence-electron chi connectivity index (χ2n) is 1.35. The number of hydrogen-bond acceptors (Lipinski definition) is 3. The number of hydrogen-bond donors (Lipinski definition) is 2. The lowest BCUT2D eigenvalue weighted by atomic mass is 10.6. The zero-order chi connectivity index (χ0) is 7.28. The highest BCUT2D eigenvalue weighted by atomic mass is 16.5. The van der Waals surface area contributed by atoms with E-state index in [1.807, 2.05) is 5.32 Å². The van der Waals surface area contributed by atoms with Gasteiger partial charge in [-0.25, -0.2) is 4.79 Å². The molecule has 0 unspecified atom stereocenters. The molecule has 0 saturated carbocycles. The lowest BCUT2D eigenvalue weighted by Gasteiger charge is -1.96. The fraction of sp³-hybridized carbons (Fsp3) is 0.500. The van der Waals surface area contributed by atoms with Gasteiger partial charge >= 0.3 is 6.03 Å². The minimum absolute atomic E-state index is 0.150. The molecule has 9 heavy (non-hydrogen) atoms. The van der Waals surface area contributed by atoms with E-state index in [2.05, 4.69) is 10.5 Å². The number of carbonyl (C=O) groups is 2. The summed E-state index contributed by atoms with van der Waals surface area (Å²) in [6.07, 6.45) is 0. The molecule has 52 valence electrons. The predicted octanol–water partition coefficient (Wildman–Crippen LogP) is -1.17. The minimum atomic E-state index is -0.864. The van der Waals surface area contributed by atoms with Gasteiger partial charge in [0.15, 0.2) is 0 Å². The molecule has 5 heteroatoms. The molecule has 3 amide bonds. The van der Waals surface area contributed by atoms with Gasteiger partial charge in [0.25, 0.3) is 5.91 Å². The standard InChI is InChI=1S/C4H8N2O3/c1-9-2-3(7)6-4(5)8/h2H2,1H3,(H3,5,6,7,8). The first-order chi connectivity index (χ1) is 4.16. The van der Waals surface area contributed by atoms with Crippen molar-refractivity contribution in [3.63, 3.8) is 0 Å². The highest BCUT2D eigenvalue weighted by molar-refractivity contribution is 5.94. The maximum Gasteiger partial charge on any atom is 0.318 e. The first-order valence-corrected chi connectivity index (χ1v) is 2.25. The molecule has 0 aromatic carbocycles. The molecule has 0 fully saturated rings. The topological polar surface area (TPSA) is 81.4 Å². The van der Waals surface area contributed by atoms with E-state index in [9.17, 15) is 9.59 Å². The third-order valence-electron chi connectivity index (χ3n) is 0.538. The second-order valence-corrected chi connectivity index (χ2v) is 1.35. The van der Waals surface area contributed by atoms with E-state index in [4.69, 9.17) is 0 Å². The Labute approximate surface area is 52.2 Å². The van der Waals surface area contributed by atoms with Crippen LogP contribution in [0.2, 0.25) is 0 Å². The number of methoxy groups -OCH3 is 1. The number of carbonyl (C=O) groups excluding carboxylic acids is 2. The lowest BCUT2D eigenvalue weighted by Crippen LogP contribution is -2.37. The van der Waals surface area contributed by atoms with Crippen molar-refractivity contribution in [3.8, 4) is 0 Å². The maximum absolute atomic E-state index is 10.3. The zero-order valence-corrected chi connectivity index (χ0v) is 5.01. The first kappa shape index (κ1) is 7.90.